The number of halogens is 2. The topological polar surface area (TPSA) is 108 Å². The number of pyridine rings is 1. The number of allylic oxidation sites excluding steroid dienone is 2. The Labute approximate surface area is 195 Å². The first-order valence-electron chi connectivity index (χ1n) is 10.2. The number of ketones is 1. The normalized spacial score (nSPS) is 14.4. The van der Waals surface area contributed by atoms with Gasteiger partial charge in [0.2, 0.25) is 0 Å². The van der Waals surface area contributed by atoms with Crippen LogP contribution in [0.15, 0.2) is 47.9 Å². The number of carboxylic acid groups (broad SMARTS) is 1. The van der Waals surface area contributed by atoms with Crippen LogP contribution in [0, 0.1) is 0 Å². The number of carbonyl (C=O) groups is 3. The van der Waals surface area contributed by atoms with Crippen molar-refractivity contribution < 1.29 is 19.5 Å². The molecule has 1 heterocycles. The Balaban J connectivity index is 1.80. The van der Waals surface area contributed by atoms with E-state index in [1.807, 2.05) is 6.92 Å². The van der Waals surface area contributed by atoms with Gasteiger partial charge in [-0.2, -0.15) is 0 Å². The minimum absolute atomic E-state index is 0.115. The quantitative estimate of drug-likeness (QED) is 0.461. The van der Waals surface area contributed by atoms with Gasteiger partial charge in [0.05, 0.1) is 28.2 Å². The maximum atomic E-state index is 12.6. The van der Waals surface area contributed by atoms with E-state index >= 15 is 0 Å². The molecule has 0 saturated carbocycles. The van der Waals surface area contributed by atoms with Crippen molar-refractivity contribution >= 4 is 46.5 Å². The van der Waals surface area contributed by atoms with Gasteiger partial charge in [-0.1, -0.05) is 48.7 Å². The lowest BCUT2D eigenvalue weighted by molar-refractivity contribution is -0.137. The van der Waals surface area contributed by atoms with E-state index in [1.54, 1.807) is 24.3 Å². The van der Waals surface area contributed by atoms with Gasteiger partial charge in [-0.15, -0.1) is 0 Å². The van der Waals surface area contributed by atoms with Crippen molar-refractivity contribution in [2.24, 2.45) is 0 Å². The number of aromatic nitrogens is 1. The van der Waals surface area contributed by atoms with Crippen LogP contribution in [0.5, 0.6) is 0 Å². The Hall–Kier alpha value is -2.90. The molecule has 1 amide bonds. The number of carbonyl (C=O) groups excluding carboxylic acids is 2. The third-order valence-electron chi connectivity index (χ3n) is 5.20. The van der Waals surface area contributed by atoms with Crippen LogP contribution in [-0.4, -0.2) is 27.8 Å². The summed E-state index contributed by atoms with van der Waals surface area (Å²) in [4.78, 5) is 40.1. The SMILES string of the molecule is CCCC1=C(NC(CC(=O)O)c2ccc(C(=O)Nc3c(Cl)cncc3Cl)cc2)CCC1=O. The smallest absolute Gasteiger partial charge is 0.305 e. The van der Waals surface area contributed by atoms with Crippen molar-refractivity contribution in [1.82, 2.24) is 10.3 Å². The number of hydrogen-bond acceptors (Lipinski definition) is 5. The number of carboxylic acids is 1. The summed E-state index contributed by atoms with van der Waals surface area (Å²) >= 11 is 12.1. The van der Waals surface area contributed by atoms with E-state index in [9.17, 15) is 19.5 Å². The Kier molecular flexibility index (Phi) is 7.88. The molecule has 1 aromatic heterocycles. The Morgan fingerprint density at radius 1 is 1.12 bits per heavy atom. The second-order valence-electron chi connectivity index (χ2n) is 7.48. The molecule has 0 aliphatic heterocycles. The fraction of sp³-hybridized carbons (Fsp3) is 0.304. The molecule has 1 atom stereocenters. The summed E-state index contributed by atoms with van der Waals surface area (Å²) in [6, 6.07) is 6.07. The maximum Gasteiger partial charge on any atom is 0.305 e. The molecule has 1 aliphatic carbocycles. The fourth-order valence-corrected chi connectivity index (χ4v) is 4.09. The number of Topliss-reactive ketones (excluding diaryl/α,β-unsaturated/α-hetero) is 1. The lowest BCUT2D eigenvalue weighted by Crippen LogP contribution is -2.24. The highest BCUT2D eigenvalue weighted by atomic mass is 35.5. The number of nitrogens with zero attached hydrogens (tertiary/aromatic N) is 1. The van der Waals surface area contributed by atoms with Crippen molar-refractivity contribution in [1.29, 1.82) is 0 Å². The zero-order valence-corrected chi connectivity index (χ0v) is 19.0. The molecule has 0 saturated heterocycles. The van der Waals surface area contributed by atoms with Gasteiger partial charge in [0.25, 0.3) is 5.91 Å². The van der Waals surface area contributed by atoms with Crippen LogP contribution in [0.3, 0.4) is 0 Å². The Bertz CT molecular complexity index is 1050. The van der Waals surface area contributed by atoms with Crippen LogP contribution >= 0.6 is 23.2 Å². The minimum Gasteiger partial charge on any atom is -0.481 e. The average Bonchev–Trinajstić information content (AvgIpc) is 3.10. The summed E-state index contributed by atoms with van der Waals surface area (Å²) < 4.78 is 0. The molecular formula is C23H23Cl2N3O4. The first-order chi connectivity index (χ1) is 15.3. The molecule has 0 bridgehead atoms. The van der Waals surface area contributed by atoms with E-state index < -0.39 is 17.9 Å². The maximum absolute atomic E-state index is 12.6. The largest absolute Gasteiger partial charge is 0.481 e. The van der Waals surface area contributed by atoms with Crippen molar-refractivity contribution in [3.05, 3.63) is 69.1 Å². The van der Waals surface area contributed by atoms with Gasteiger partial charge in [-0.3, -0.25) is 19.4 Å². The molecule has 3 N–H and O–H groups in total. The molecule has 3 rings (SSSR count). The molecular weight excluding hydrogens is 453 g/mol. The third-order valence-corrected chi connectivity index (χ3v) is 5.77. The van der Waals surface area contributed by atoms with Crippen LogP contribution in [-0.2, 0) is 9.59 Å². The molecule has 32 heavy (non-hydrogen) atoms. The first kappa shape index (κ1) is 23.8. The van der Waals surface area contributed by atoms with E-state index in [1.165, 1.54) is 12.4 Å². The monoisotopic (exact) mass is 475 g/mol. The minimum atomic E-state index is -0.965. The molecule has 0 spiro atoms. The summed E-state index contributed by atoms with van der Waals surface area (Å²) in [5.74, 6) is -1.26. The number of nitrogens with one attached hydrogen (secondary N) is 2. The summed E-state index contributed by atoms with van der Waals surface area (Å²) in [7, 11) is 0. The van der Waals surface area contributed by atoms with Gasteiger partial charge in [0.15, 0.2) is 5.78 Å². The summed E-state index contributed by atoms with van der Waals surface area (Å²) in [5, 5.41) is 15.7. The second kappa shape index (κ2) is 10.6. The van der Waals surface area contributed by atoms with Crippen molar-refractivity contribution in [2.75, 3.05) is 5.32 Å². The summed E-state index contributed by atoms with van der Waals surface area (Å²) in [6.45, 7) is 2.00. The van der Waals surface area contributed by atoms with Gasteiger partial charge in [-0.25, -0.2) is 0 Å². The molecule has 7 nitrogen and oxygen atoms in total. The molecule has 168 valence electrons. The standard InChI is InChI=1S/C23H23Cl2N3O4/c1-2-3-15-18(8-9-20(15)29)27-19(10-21(30)31)13-4-6-14(7-5-13)23(32)28-22-16(24)11-26-12-17(22)25/h4-7,11-12,19,27H,2-3,8-10H2,1H3,(H,30,31)(H,26,28,32). The number of amides is 1. The highest BCUT2D eigenvalue weighted by molar-refractivity contribution is 6.39. The molecule has 2 aromatic rings. The third kappa shape index (κ3) is 5.66. The lowest BCUT2D eigenvalue weighted by Gasteiger charge is -2.21. The van der Waals surface area contributed by atoms with Crippen molar-refractivity contribution in [3.63, 3.8) is 0 Å². The zero-order chi connectivity index (χ0) is 23.3. The molecule has 0 fully saturated rings. The highest BCUT2D eigenvalue weighted by Crippen LogP contribution is 2.30. The molecule has 0 radical (unpaired) electrons. The molecule has 1 aliphatic rings. The highest BCUT2D eigenvalue weighted by Gasteiger charge is 2.25. The molecule has 1 unspecified atom stereocenters. The number of hydrogen-bond donors (Lipinski definition) is 3. The van der Waals surface area contributed by atoms with Gasteiger partial charge >= 0.3 is 5.97 Å². The van der Waals surface area contributed by atoms with Gasteiger partial charge in [0.1, 0.15) is 0 Å². The van der Waals surface area contributed by atoms with Gasteiger partial charge < -0.3 is 15.7 Å². The predicted molar refractivity (Wildman–Crippen MR) is 123 cm³/mol. The predicted octanol–water partition coefficient (Wildman–Crippen LogP) is 5.16. The van der Waals surface area contributed by atoms with Crippen LogP contribution in [0.25, 0.3) is 0 Å². The second-order valence-corrected chi connectivity index (χ2v) is 8.29. The van der Waals surface area contributed by atoms with E-state index in [0.29, 0.717) is 30.4 Å². The van der Waals surface area contributed by atoms with Crippen LogP contribution in [0.2, 0.25) is 10.0 Å². The summed E-state index contributed by atoms with van der Waals surface area (Å²) in [6.07, 6.45) is 5.12. The van der Waals surface area contributed by atoms with Gasteiger partial charge in [-0.05, 0) is 30.5 Å². The number of aliphatic carboxylic acids is 1. The van der Waals surface area contributed by atoms with Crippen molar-refractivity contribution in [2.45, 2.75) is 45.1 Å². The van der Waals surface area contributed by atoms with Crippen LogP contribution in [0.1, 0.15) is 61.0 Å². The van der Waals surface area contributed by atoms with E-state index in [2.05, 4.69) is 15.6 Å². The lowest BCUT2D eigenvalue weighted by atomic mass is 10.0. The summed E-state index contributed by atoms with van der Waals surface area (Å²) in [5.41, 5.74) is 2.89. The number of benzene rings is 1. The number of rotatable bonds is 9. The van der Waals surface area contributed by atoms with Gasteiger partial charge in [0, 0.05) is 35.6 Å². The van der Waals surface area contributed by atoms with Crippen molar-refractivity contribution in [3.8, 4) is 0 Å². The Morgan fingerprint density at radius 2 is 1.78 bits per heavy atom. The number of anilines is 1. The van der Waals surface area contributed by atoms with Crippen LogP contribution < -0.4 is 10.6 Å². The van der Waals surface area contributed by atoms with Crippen LogP contribution in [0.4, 0.5) is 5.69 Å². The first-order valence-corrected chi connectivity index (χ1v) is 11.0. The van der Waals surface area contributed by atoms with E-state index in [-0.39, 0.29) is 27.9 Å². The molecule has 1 aromatic carbocycles. The van der Waals surface area contributed by atoms with E-state index in [0.717, 1.165) is 17.7 Å². The Morgan fingerprint density at radius 3 is 2.38 bits per heavy atom. The van der Waals surface area contributed by atoms with E-state index in [4.69, 9.17) is 23.2 Å². The zero-order valence-electron chi connectivity index (χ0n) is 17.5. The average molecular weight is 476 g/mol. The molecule has 9 heteroatoms. The fourth-order valence-electron chi connectivity index (χ4n) is 3.63.